The third kappa shape index (κ3) is 3.54. The van der Waals surface area contributed by atoms with Gasteiger partial charge < -0.3 is 10.2 Å². The molecule has 1 atom stereocenters. The molecular formula is C16H19F4N3O. The van der Waals surface area contributed by atoms with Crippen molar-refractivity contribution < 1.29 is 22.4 Å². The molecule has 0 aliphatic carbocycles. The van der Waals surface area contributed by atoms with Gasteiger partial charge in [0.2, 0.25) is 0 Å². The molecular weight excluding hydrogens is 326 g/mol. The maximum atomic E-state index is 13.9. The fourth-order valence-electron chi connectivity index (χ4n) is 3.31. The molecule has 0 bridgehead atoms. The zero-order chi connectivity index (χ0) is 17.3. The van der Waals surface area contributed by atoms with Crippen LogP contribution in [0.2, 0.25) is 0 Å². The van der Waals surface area contributed by atoms with E-state index < -0.39 is 29.0 Å². The number of likely N-dealkylation sites (tertiary alicyclic amines) is 1. The first-order valence-corrected chi connectivity index (χ1v) is 7.97. The van der Waals surface area contributed by atoms with E-state index in [9.17, 15) is 22.4 Å². The lowest BCUT2D eigenvalue weighted by Crippen LogP contribution is -2.49. The third-order valence-electron chi connectivity index (χ3n) is 4.64. The van der Waals surface area contributed by atoms with Crippen LogP contribution in [0.3, 0.4) is 0 Å². The minimum atomic E-state index is -4.60. The first-order chi connectivity index (χ1) is 11.4. The Balaban J connectivity index is 1.73. The Morgan fingerprint density at radius 1 is 1.17 bits per heavy atom. The molecule has 0 saturated carbocycles. The van der Waals surface area contributed by atoms with Crippen molar-refractivity contribution in [3.05, 3.63) is 35.1 Å². The molecule has 24 heavy (non-hydrogen) atoms. The van der Waals surface area contributed by atoms with Gasteiger partial charge in [0, 0.05) is 45.3 Å². The Hall–Kier alpha value is -1.67. The van der Waals surface area contributed by atoms with Crippen molar-refractivity contribution in [1.29, 1.82) is 0 Å². The molecule has 132 valence electrons. The second kappa shape index (κ2) is 6.68. The van der Waals surface area contributed by atoms with E-state index in [0.29, 0.717) is 31.3 Å². The van der Waals surface area contributed by atoms with Crippen molar-refractivity contribution in [3.63, 3.8) is 0 Å². The number of piperazine rings is 1. The Bertz CT molecular complexity index is 614. The van der Waals surface area contributed by atoms with Gasteiger partial charge in [-0.15, -0.1) is 0 Å². The summed E-state index contributed by atoms with van der Waals surface area (Å²) < 4.78 is 52.2. The lowest BCUT2D eigenvalue weighted by Gasteiger charge is -2.32. The van der Waals surface area contributed by atoms with Crippen LogP contribution < -0.4 is 5.32 Å². The molecule has 3 rings (SSSR count). The number of carbonyl (C=O) groups excluding carboxylic acids is 1. The first-order valence-electron chi connectivity index (χ1n) is 7.97. The number of alkyl halides is 3. The molecule has 1 N–H and O–H groups in total. The number of halogens is 4. The summed E-state index contributed by atoms with van der Waals surface area (Å²) in [5.74, 6) is -1.59. The Kier molecular flexibility index (Phi) is 4.78. The molecule has 0 aromatic heterocycles. The van der Waals surface area contributed by atoms with E-state index >= 15 is 0 Å². The van der Waals surface area contributed by atoms with Gasteiger partial charge in [0.15, 0.2) is 0 Å². The van der Waals surface area contributed by atoms with Crippen LogP contribution in [0, 0.1) is 5.82 Å². The van der Waals surface area contributed by atoms with Gasteiger partial charge in [-0.05, 0) is 24.6 Å². The number of hydrogen-bond donors (Lipinski definition) is 1. The summed E-state index contributed by atoms with van der Waals surface area (Å²) in [5, 5.41) is 3.25. The van der Waals surface area contributed by atoms with Crippen molar-refractivity contribution >= 4 is 5.91 Å². The van der Waals surface area contributed by atoms with E-state index in [4.69, 9.17) is 0 Å². The van der Waals surface area contributed by atoms with Gasteiger partial charge in [-0.25, -0.2) is 4.39 Å². The normalized spacial score (nSPS) is 22.8. The van der Waals surface area contributed by atoms with Gasteiger partial charge in [-0.3, -0.25) is 9.69 Å². The second-order valence-electron chi connectivity index (χ2n) is 6.17. The highest BCUT2D eigenvalue weighted by Crippen LogP contribution is 2.31. The summed E-state index contributed by atoms with van der Waals surface area (Å²) in [6, 6.07) is 2.15. The third-order valence-corrected chi connectivity index (χ3v) is 4.64. The van der Waals surface area contributed by atoms with E-state index in [0.717, 1.165) is 32.6 Å². The molecule has 8 heteroatoms. The lowest BCUT2D eigenvalue weighted by molar-refractivity contribution is -0.137. The summed E-state index contributed by atoms with van der Waals surface area (Å²) >= 11 is 0. The summed E-state index contributed by atoms with van der Waals surface area (Å²) in [6.45, 7) is 4.38. The number of carbonyl (C=O) groups is 1. The van der Waals surface area contributed by atoms with Gasteiger partial charge in [-0.1, -0.05) is 0 Å². The van der Waals surface area contributed by atoms with Crippen LogP contribution in [0.25, 0.3) is 0 Å². The molecule has 2 saturated heterocycles. The first kappa shape index (κ1) is 17.2. The van der Waals surface area contributed by atoms with Crippen LogP contribution in [0.1, 0.15) is 22.3 Å². The molecule has 0 radical (unpaired) electrons. The minimum Gasteiger partial charge on any atom is -0.337 e. The van der Waals surface area contributed by atoms with E-state index in [1.165, 1.54) is 4.90 Å². The zero-order valence-corrected chi connectivity index (χ0v) is 13.1. The highest BCUT2D eigenvalue weighted by Gasteiger charge is 2.35. The lowest BCUT2D eigenvalue weighted by atomic mass is 10.1. The average molecular weight is 345 g/mol. The molecule has 1 aromatic carbocycles. The Morgan fingerprint density at radius 3 is 2.54 bits per heavy atom. The molecule has 1 amide bonds. The Morgan fingerprint density at radius 2 is 1.88 bits per heavy atom. The van der Waals surface area contributed by atoms with Gasteiger partial charge in [0.05, 0.1) is 11.1 Å². The van der Waals surface area contributed by atoms with Gasteiger partial charge in [0.25, 0.3) is 5.91 Å². The van der Waals surface area contributed by atoms with Crippen molar-refractivity contribution in [2.75, 3.05) is 39.3 Å². The van der Waals surface area contributed by atoms with Gasteiger partial charge in [-0.2, -0.15) is 13.2 Å². The molecule has 4 nitrogen and oxygen atoms in total. The van der Waals surface area contributed by atoms with E-state index in [2.05, 4.69) is 10.2 Å². The molecule has 2 aliphatic rings. The number of hydrogen-bond acceptors (Lipinski definition) is 3. The Labute approximate surface area is 137 Å². The number of benzene rings is 1. The molecule has 2 aliphatic heterocycles. The predicted octanol–water partition coefficient (Wildman–Crippen LogP) is 1.96. The van der Waals surface area contributed by atoms with E-state index in [1.807, 2.05) is 0 Å². The number of amides is 1. The average Bonchev–Trinajstić information content (AvgIpc) is 3.04. The predicted molar refractivity (Wildman–Crippen MR) is 80.2 cm³/mol. The van der Waals surface area contributed by atoms with Crippen LogP contribution in [0.4, 0.5) is 17.6 Å². The molecule has 2 heterocycles. The SMILES string of the molecule is O=C(c1cc(C(F)(F)F)ccc1F)N1CCC(N2CCNCC2)C1. The van der Waals surface area contributed by atoms with Crippen molar-refractivity contribution in [2.45, 2.75) is 18.6 Å². The molecule has 0 spiro atoms. The number of nitrogens with zero attached hydrogens (tertiary/aromatic N) is 2. The van der Waals surface area contributed by atoms with Crippen molar-refractivity contribution in [2.24, 2.45) is 0 Å². The minimum absolute atomic E-state index is 0.185. The van der Waals surface area contributed by atoms with Crippen LogP contribution in [-0.4, -0.2) is 61.0 Å². The van der Waals surface area contributed by atoms with Crippen LogP contribution in [0.15, 0.2) is 18.2 Å². The summed E-state index contributed by atoms with van der Waals surface area (Å²) in [5.41, 5.74) is -1.52. The monoisotopic (exact) mass is 345 g/mol. The number of rotatable bonds is 2. The van der Waals surface area contributed by atoms with Crippen molar-refractivity contribution in [1.82, 2.24) is 15.1 Å². The smallest absolute Gasteiger partial charge is 0.337 e. The van der Waals surface area contributed by atoms with Crippen molar-refractivity contribution in [3.8, 4) is 0 Å². The second-order valence-corrected chi connectivity index (χ2v) is 6.17. The fourth-order valence-corrected chi connectivity index (χ4v) is 3.31. The van der Waals surface area contributed by atoms with Gasteiger partial charge in [0.1, 0.15) is 5.82 Å². The van der Waals surface area contributed by atoms with Crippen LogP contribution in [-0.2, 0) is 6.18 Å². The van der Waals surface area contributed by atoms with E-state index in [-0.39, 0.29) is 6.04 Å². The maximum absolute atomic E-state index is 13.9. The summed E-state index contributed by atoms with van der Waals surface area (Å²) in [4.78, 5) is 16.2. The largest absolute Gasteiger partial charge is 0.416 e. The van der Waals surface area contributed by atoms with Crippen LogP contribution in [0.5, 0.6) is 0 Å². The molecule has 1 aromatic rings. The van der Waals surface area contributed by atoms with Crippen LogP contribution >= 0.6 is 0 Å². The fraction of sp³-hybridized carbons (Fsp3) is 0.562. The molecule has 2 fully saturated rings. The maximum Gasteiger partial charge on any atom is 0.416 e. The number of nitrogens with one attached hydrogen (secondary N) is 1. The zero-order valence-electron chi connectivity index (χ0n) is 13.1. The highest BCUT2D eigenvalue weighted by molar-refractivity contribution is 5.95. The summed E-state index contributed by atoms with van der Waals surface area (Å²) in [7, 11) is 0. The standard InChI is InChI=1S/C16H19F4N3O/c17-14-2-1-11(16(18,19)20)9-13(14)15(24)23-6-3-12(10-23)22-7-4-21-5-8-22/h1-2,9,12,21H,3-8,10H2. The highest BCUT2D eigenvalue weighted by atomic mass is 19.4. The quantitative estimate of drug-likeness (QED) is 0.833. The van der Waals surface area contributed by atoms with Gasteiger partial charge >= 0.3 is 6.18 Å². The topological polar surface area (TPSA) is 35.6 Å². The summed E-state index contributed by atoms with van der Waals surface area (Å²) in [6.07, 6.45) is -3.84. The molecule has 1 unspecified atom stereocenters. The van der Waals surface area contributed by atoms with E-state index in [1.54, 1.807) is 0 Å².